The molecule has 0 spiro atoms. The average molecular weight is 650 g/mol. The van der Waals surface area contributed by atoms with Gasteiger partial charge in [-0.1, -0.05) is 81.9 Å². The molecule has 0 radical (unpaired) electrons. The molecule has 8 nitrogen and oxygen atoms in total. The number of rotatable bonds is 10. The van der Waals surface area contributed by atoms with Crippen LogP contribution in [0.4, 0.5) is 18.9 Å². The monoisotopic (exact) mass is 649 g/mol. The van der Waals surface area contributed by atoms with Gasteiger partial charge in [0.1, 0.15) is 12.1 Å². The standard InChI is InChI=1S/C34H34F3N5O3S/c1-22(2)27-7-5-6-8-28(27)42-30(44)20-46-32(42)39-29(43)17-18-33(3,4)19-23-9-11-24(12-10-23)31-38-21-41(40-31)25-13-15-26(16-14-25)45-34(35,36)37/h5-16,21-22H,17-20H2,1-4H3. The molecule has 0 bridgehead atoms. The Balaban J connectivity index is 1.18. The lowest BCUT2D eigenvalue weighted by atomic mass is 9.81. The number of para-hydroxylation sites is 1. The number of aromatic nitrogens is 3. The fourth-order valence-electron chi connectivity index (χ4n) is 5.20. The van der Waals surface area contributed by atoms with Gasteiger partial charge in [-0.05, 0) is 65.6 Å². The second-order valence-corrected chi connectivity index (χ2v) is 13.1. The van der Waals surface area contributed by atoms with Crippen LogP contribution in [0, 0.1) is 5.41 Å². The molecule has 0 aliphatic carbocycles. The van der Waals surface area contributed by atoms with Crippen LogP contribution >= 0.6 is 11.8 Å². The first-order valence-corrected chi connectivity index (χ1v) is 15.8. The number of thioether (sulfide) groups is 1. The lowest BCUT2D eigenvalue weighted by molar-refractivity contribution is -0.274. The van der Waals surface area contributed by atoms with Crippen LogP contribution in [0.15, 0.2) is 84.1 Å². The maximum atomic E-state index is 13.0. The van der Waals surface area contributed by atoms with Crippen molar-refractivity contribution in [2.45, 2.75) is 59.2 Å². The Bertz CT molecular complexity index is 1730. The van der Waals surface area contributed by atoms with E-state index in [4.69, 9.17) is 0 Å². The molecular weight excluding hydrogens is 615 g/mol. The minimum Gasteiger partial charge on any atom is -0.406 e. The number of nitrogens with zero attached hydrogens (tertiary/aromatic N) is 5. The number of carbonyl (C=O) groups excluding carboxylic acids is 2. The molecule has 2 amide bonds. The molecule has 1 saturated heterocycles. The lowest BCUT2D eigenvalue weighted by Crippen LogP contribution is -2.31. The fraction of sp³-hybridized carbons (Fsp3) is 0.324. The first kappa shape index (κ1) is 32.9. The predicted octanol–water partition coefficient (Wildman–Crippen LogP) is 7.97. The lowest BCUT2D eigenvalue weighted by Gasteiger charge is -2.24. The number of alkyl halides is 3. The Morgan fingerprint density at radius 1 is 1.02 bits per heavy atom. The smallest absolute Gasteiger partial charge is 0.406 e. The third-order valence-corrected chi connectivity index (χ3v) is 8.45. The molecule has 12 heteroatoms. The maximum Gasteiger partial charge on any atom is 0.573 e. The number of carbonyl (C=O) groups is 2. The van der Waals surface area contributed by atoms with Gasteiger partial charge in [-0.2, -0.15) is 4.99 Å². The summed E-state index contributed by atoms with van der Waals surface area (Å²) in [5, 5.41) is 4.89. The molecule has 0 saturated carbocycles. The van der Waals surface area contributed by atoms with Crippen molar-refractivity contribution in [3.05, 3.63) is 90.3 Å². The van der Waals surface area contributed by atoms with Crippen LogP contribution in [-0.2, 0) is 16.0 Å². The molecule has 2 heterocycles. The SMILES string of the molecule is CC(C)c1ccccc1N1C(=O)CSC1=NC(=O)CCC(C)(C)Cc1ccc(-c2ncn(-c3ccc(OC(F)(F)F)cc3)n2)cc1. The highest BCUT2D eigenvalue weighted by atomic mass is 32.2. The molecule has 3 aromatic carbocycles. The number of aliphatic imine (C=N–C) groups is 1. The van der Waals surface area contributed by atoms with Crippen LogP contribution in [-0.4, -0.2) is 43.9 Å². The van der Waals surface area contributed by atoms with Crippen molar-refractivity contribution < 1.29 is 27.5 Å². The minimum absolute atomic E-state index is 0.0796. The molecule has 1 aromatic heterocycles. The number of amides is 2. The normalized spacial score (nSPS) is 14.8. The van der Waals surface area contributed by atoms with E-state index in [1.165, 1.54) is 47.0 Å². The molecule has 0 unspecified atom stereocenters. The van der Waals surface area contributed by atoms with Crippen LogP contribution in [0.5, 0.6) is 5.75 Å². The molecule has 1 fully saturated rings. The summed E-state index contributed by atoms with van der Waals surface area (Å²) in [5.41, 5.74) is 4.02. The number of ether oxygens (including phenoxy) is 1. The number of benzene rings is 3. The summed E-state index contributed by atoms with van der Waals surface area (Å²) in [7, 11) is 0. The number of anilines is 1. The van der Waals surface area contributed by atoms with Crippen LogP contribution in [0.3, 0.4) is 0 Å². The van der Waals surface area contributed by atoms with Gasteiger partial charge in [0.05, 0.1) is 17.1 Å². The summed E-state index contributed by atoms with van der Waals surface area (Å²) in [5.74, 6) is 0.294. The Kier molecular flexibility index (Phi) is 9.66. The van der Waals surface area contributed by atoms with E-state index in [2.05, 4.69) is 47.5 Å². The minimum atomic E-state index is -4.75. The topological polar surface area (TPSA) is 89.7 Å². The number of halogens is 3. The van der Waals surface area contributed by atoms with Gasteiger partial charge in [0.15, 0.2) is 11.0 Å². The Morgan fingerprint density at radius 3 is 2.39 bits per heavy atom. The van der Waals surface area contributed by atoms with Gasteiger partial charge in [0.25, 0.3) is 0 Å². The third-order valence-electron chi connectivity index (χ3n) is 7.52. The Labute approximate surface area is 269 Å². The van der Waals surface area contributed by atoms with Crippen LogP contribution in [0.2, 0.25) is 0 Å². The summed E-state index contributed by atoms with van der Waals surface area (Å²) >= 11 is 1.29. The zero-order valence-electron chi connectivity index (χ0n) is 25.9. The summed E-state index contributed by atoms with van der Waals surface area (Å²) in [6, 6.07) is 20.9. The molecule has 1 aliphatic rings. The third kappa shape index (κ3) is 8.22. The second kappa shape index (κ2) is 13.5. The zero-order chi connectivity index (χ0) is 33.1. The zero-order valence-corrected chi connectivity index (χ0v) is 26.7. The van der Waals surface area contributed by atoms with E-state index in [1.54, 1.807) is 4.90 Å². The van der Waals surface area contributed by atoms with Gasteiger partial charge in [-0.25, -0.2) is 9.67 Å². The van der Waals surface area contributed by atoms with E-state index in [9.17, 15) is 22.8 Å². The Morgan fingerprint density at radius 2 is 1.72 bits per heavy atom. The van der Waals surface area contributed by atoms with E-state index in [0.29, 0.717) is 23.1 Å². The fourth-order valence-corrected chi connectivity index (χ4v) is 6.08. The molecule has 0 atom stereocenters. The molecule has 1 aliphatic heterocycles. The van der Waals surface area contributed by atoms with Crippen molar-refractivity contribution in [2.75, 3.05) is 10.7 Å². The first-order valence-electron chi connectivity index (χ1n) is 14.8. The predicted molar refractivity (Wildman–Crippen MR) is 173 cm³/mol. The quantitative estimate of drug-likeness (QED) is 0.173. The second-order valence-electron chi connectivity index (χ2n) is 12.1. The van der Waals surface area contributed by atoms with Gasteiger partial charge in [0.2, 0.25) is 11.8 Å². The van der Waals surface area contributed by atoms with E-state index in [0.717, 1.165) is 28.8 Å². The highest BCUT2D eigenvalue weighted by Gasteiger charge is 2.33. The molecule has 240 valence electrons. The Hall–Kier alpha value is -4.45. The van der Waals surface area contributed by atoms with Crippen molar-refractivity contribution in [1.29, 1.82) is 0 Å². The first-order chi connectivity index (χ1) is 21.8. The van der Waals surface area contributed by atoms with Gasteiger partial charge in [-0.15, -0.1) is 18.3 Å². The highest BCUT2D eigenvalue weighted by molar-refractivity contribution is 8.15. The van der Waals surface area contributed by atoms with Crippen molar-refractivity contribution in [3.63, 3.8) is 0 Å². The van der Waals surface area contributed by atoms with E-state index >= 15 is 0 Å². The molecule has 5 rings (SSSR count). The molecule has 4 aromatic rings. The number of hydrogen-bond donors (Lipinski definition) is 0. The van der Waals surface area contributed by atoms with Gasteiger partial charge >= 0.3 is 6.36 Å². The van der Waals surface area contributed by atoms with Crippen LogP contribution in [0.1, 0.15) is 57.6 Å². The highest BCUT2D eigenvalue weighted by Crippen LogP contribution is 2.34. The number of hydrogen-bond acceptors (Lipinski definition) is 6. The summed E-state index contributed by atoms with van der Waals surface area (Å²) in [6.07, 6.45) is -1.66. The van der Waals surface area contributed by atoms with Crippen LogP contribution in [0.25, 0.3) is 17.1 Å². The summed E-state index contributed by atoms with van der Waals surface area (Å²) < 4.78 is 42.7. The van der Waals surface area contributed by atoms with E-state index < -0.39 is 6.36 Å². The summed E-state index contributed by atoms with van der Waals surface area (Å²) in [4.78, 5) is 36.0. The van der Waals surface area contributed by atoms with Gasteiger partial charge in [-0.3, -0.25) is 14.5 Å². The largest absolute Gasteiger partial charge is 0.573 e. The van der Waals surface area contributed by atoms with Crippen molar-refractivity contribution in [3.8, 4) is 22.8 Å². The molecule has 46 heavy (non-hydrogen) atoms. The van der Waals surface area contributed by atoms with Crippen LogP contribution < -0.4 is 9.64 Å². The van der Waals surface area contributed by atoms with E-state index in [1.807, 2.05) is 48.5 Å². The van der Waals surface area contributed by atoms with Crippen molar-refractivity contribution in [2.24, 2.45) is 10.4 Å². The van der Waals surface area contributed by atoms with E-state index in [-0.39, 0.29) is 41.1 Å². The summed E-state index contributed by atoms with van der Waals surface area (Å²) in [6.45, 7) is 8.35. The average Bonchev–Trinajstić information content (AvgIpc) is 3.63. The molecular formula is C34H34F3N5O3S. The maximum absolute atomic E-state index is 13.0. The number of amidine groups is 1. The van der Waals surface area contributed by atoms with Crippen molar-refractivity contribution >= 4 is 34.4 Å². The van der Waals surface area contributed by atoms with Gasteiger partial charge in [0, 0.05) is 12.0 Å². The van der Waals surface area contributed by atoms with Crippen molar-refractivity contribution in [1.82, 2.24) is 14.8 Å². The van der Waals surface area contributed by atoms with Gasteiger partial charge < -0.3 is 4.74 Å². The molecule has 0 N–H and O–H groups in total.